The Hall–Kier alpha value is -0.0800. The second kappa shape index (κ2) is 11.0. The molecule has 1 atom stereocenters. The van der Waals surface area contributed by atoms with Crippen LogP contribution in [0.3, 0.4) is 0 Å². The largest absolute Gasteiger partial charge is 0.364 e. The van der Waals surface area contributed by atoms with E-state index in [2.05, 4.69) is 13.8 Å². The van der Waals surface area contributed by atoms with Crippen molar-refractivity contribution >= 4 is 0 Å². The number of ether oxygens (including phenoxy) is 1. The minimum absolute atomic E-state index is 0.0248. The van der Waals surface area contributed by atoms with E-state index in [-0.39, 0.29) is 6.23 Å². The smallest absolute Gasteiger partial charge is 0.105 e. The Labute approximate surface area is 89.2 Å². The summed E-state index contributed by atoms with van der Waals surface area (Å²) in [6.07, 6.45) is 9.75. The van der Waals surface area contributed by atoms with Crippen LogP contribution in [0.1, 0.15) is 65.2 Å². The number of hydrogen-bond acceptors (Lipinski definition) is 2. The lowest BCUT2D eigenvalue weighted by atomic mass is 10.2. The van der Waals surface area contributed by atoms with E-state index in [1.807, 2.05) is 0 Å². The first-order valence-electron chi connectivity index (χ1n) is 6.18. The fraction of sp³-hybridized carbons (Fsp3) is 1.00. The fourth-order valence-electron chi connectivity index (χ4n) is 1.44. The zero-order chi connectivity index (χ0) is 10.6. The maximum Gasteiger partial charge on any atom is 0.105 e. The van der Waals surface area contributed by atoms with Crippen LogP contribution in [0.2, 0.25) is 0 Å². The van der Waals surface area contributed by atoms with E-state index >= 15 is 0 Å². The van der Waals surface area contributed by atoms with Crippen LogP contribution in [-0.2, 0) is 4.74 Å². The van der Waals surface area contributed by atoms with E-state index in [1.165, 1.54) is 38.5 Å². The first kappa shape index (κ1) is 13.9. The van der Waals surface area contributed by atoms with Gasteiger partial charge in [0.15, 0.2) is 0 Å². The standard InChI is InChI=1S/C12H27NO/c1-3-5-7-9-11-14-12(13)10-8-6-4-2/h12H,3-11,13H2,1-2H3. The number of unbranched alkanes of at least 4 members (excludes halogenated alkanes) is 5. The van der Waals surface area contributed by atoms with Crippen molar-refractivity contribution in [3.05, 3.63) is 0 Å². The second-order valence-electron chi connectivity index (χ2n) is 3.97. The minimum atomic E-state index is -0.0248. The van der Waals surface area contributed by atoms with Crippen LogP contribution in [0.15, 0.2) is 0 Å². The van der Waals surface area contributed by atoms with E-state index in [4.69, 9.17) is 10.5 Å². The molecule has 2 heteroatoms. The third kappa shape index (κ3) is 10.0. The first-order chi connectivity index (χ1) is 6.81. The van der Waals surface area contributed by atoms with Gasteiger partial charge in [0.1, 0.15) is 6.23 Å². The topological polar surface area (TPSA) is 35.2 Å². The molecule has 0 aliphatic heterocycles. The van der Waals surface area contributed by atoms with E-state index in [0.29, 0.717) is 0 Å². The molecule has 86 valence electrons. The van der Waals surface area contributed by atoms with Crippen LogP contribution in [0, 0.1) is 0 Å². The molecule has 0 bridgehead atoms. The lowest BCUT2D eigenvalue weighted by molar-refractivity contribution is 0.0476. The maximum atomic E-state index is 5.81. The van der Waals surface area contributed by atoms with Gasteiger partial charge in [-0.2, -0.15) is 0 Å². The van der Waals surface area contributed by atoms with Gasteiger partial charge in [-0.15, -0.1) is 0 Å². The fourth-order valence-corrected chi connectivity index (χ4v) is 1.44. The van der Waals surface area contributed by atoms with Crippen LogP contribution >= 0.6 is 0 Å². The van der Waals surface area contributed by atoms with Crippen molar-refractivity contribution in [3.8, 4) is 0 Å². The SMILES string of the molecule is CCCCCCOC(N)CCCCC. The van der Waals surface area contributed by atoms with Gasteiger partial charge in [0.05, 0.1) is 0 Å². The van der Waals surface area contributed by atoms with E-state index in [1.54, 1.807) is 0 Å². The van der Waals surface area contributed by atoms with Gasteiger partial charge in [0.25, 0.3) is 0 Å². The van der Waals surface area contributed by atoms with Gasteiger partial charge in [-0.25, -0.2) is 0 Å². The number of hydrogen-bond donors (Lipinski definition) is 1. The van der Waals surface area contributed by atoms with Crippen molar-refractivity contribution in [2.24, 2.45) is 5.73 Å². The Balaban J connectivity index is 3.06. The molecular weight excluding hydrogens is 174 g/mol. The molecule has 0 aromatic heterocycles. The molecule has 1 unspecified atom stereocenters. The molecular formula is C12H27NO. The number of nitrogens with two attached hydrogens (primary N) is 1. The van der Waals surface area contributed by atoms with Gasteiger partial charge in [0, 0.05) is 6.61 Å². The third-order valence-corrected chi connectivity index (χ3v) is 2.42. The highest BCUT2D eigenvalue weighted by molar-refractivity contribution is 4.49. The Bertz CT molecular complexity index is 106. The molecule has 2 N–H and O–H groups in total. The molecule has 2 nitrogen and oxygen atoms in total. The molecule has 0 saturated heterocycles. The van der Waals surface area contributed by atoms with Crippen LogP contribution in [-0.4, -0.2) is 12.8 Å². The molecule has 0 aromatic carbocycles. The molecule has 0 aliphatic carbocycles. The van der Waals surface area contributed by atoms with Crippen LogP contribution in [0.5, 0.6) is 0 Å². The van der Waals surface area contributed by atoms with Crippen LogP contribution in [0.4, 0.5) is 0 Å². The van der Waals surface area contributed by atoms with E-state index in [9.17, 15) is 0 Å². The summed E-state index contributed by atoms with van der Waals surface area (Å²) in [5.74, 6) is 0. The highest BCUT2D eigenvalue weighted by atomic mass is 16.5. The van der Waals surface area contributed by atoms with Gasteiger partial charge in [-0.05, 0) is 19.3 Å². The Kier molecular flexibility index (Phi) is 10.9. The average molecular weight is 201 g/mol. The van der Waals surface area contributed by atoms with Crippen molar-refractivity contribution < 1.29 is 4.74 Å². The maximum absolute atomic E-state index is 5.81. The van der Waals surface area contributed by atoms with Crippen molar-refractivity contribution in [2.45, 2.75) is 71.4 Å². The summed E-state index contributed by atoms with van der Waals surface area (Å²) in [6, 6.07) is 0. The summed E-state index contributed by atoms with van der Waals surface area (Å²) >= 11 is 0. The van der Waals surface area contributed by atoms with Crippen molar-refractivity contribution in [2.75, 3.05) is 6.61 Å². The quantitative estimate of drug-likeness (QED) is 0.434. The summed E-state index contributed by atoms with van der Waals surface area (Å²) in [5, 5.41) is 0. The van der Waals surface area contributed by atoms with Crippen molar-refractivity contribution in [3.63, 3.8) is 0 Å². The van der Waals surface area contributed by atoms with E-state index in [0.717, 1.165) is 19.4 Å². The lowest BCUT2D eigenvalue weighted by Gasteiger charge is -2.12. The zero-order valence-electron chi connectivity index (χ0n) is 9.93. The molecule has 14 heavy (non-hydrogen) atoms. The molecule has 0 rings (SSSR count). The Morgan fingerprint density at radius 3 is 2.21 bits per heavy atom. The average Bonchev–Trinajstić information content (AvgIpc) is 2.18. The second-order valence-corrected chi connectivity index (χ2v) is 3.97. The van der Waals surface area contributed by atoms with Crippen LogP contribution in [0.25, 0.3) is 0 Å². The van der Waals surface area contributed by atoms with Gasteiger partial charge >= 0.3 is 0 Å². The Morgan fingerprint density at radius 2 is 1.57 bits per heavy atom. The lowest BCUT2D eigenvalue weighted by Crippen LogP contribution is -2.24. The molecule has 0 aromatic rings. The summed E-state index contributed by atoms with van der Waals surface area (Å²) in [4.78, 5) is 0. The summed E-state index contributed by atoms with van der Waals surface area (Å²) in [7, 11) is 0. The Morgan fingerprint density at radius 1 is 0.929 bits per heavy atom. The third-order valence-electron chi connectivity index (χ3n) is 2.42. The first-order valence-corrected chi connectivity index (χ1v) is 6.18. The van der Waals surface area contributed by atoms with Crippen LogP contribution < -0.4 is 5.73 Å². The molecule has 0 heterocycles. The molecule has 0 aliphatic rings. The van der Waals surface area contributed by atoms with Gasteiger partial charge in [-0.1, -0.05) is 46.0 Å². The predicted molar refractivity (Wildman–Crippen MR) is 62.2 cm³/mol. The molecule has 0 spiro atoms. The van der Waals surface area contributed by atoms with Gasteiger partial charge in [0.2, 0.25) is 0 Å². The molecule has 0 saturated carbocycles. The summed E-state index contributed by atoms with van der Waals surface area (Å²) in [6.45, 7) is 5.27. The molecule has 0 fully saturated rings. The normalized spacial score (nSPS) is 13.1. The molecule has 0 radical (unpaired) electrons. The van der Waals surface area contributed by atoms with Crippen molar-refractivity contribution in [1.29, 1.82) is 0 Å². The highest BCUT2D eigenvalue weighted by Gasteiger charge is 2.00. The monoisotopic (exact) mass is 201 g/mol. The zero-order valence-corrected chi connectivity index (χ0v) is 9.93. The summed E-state index contributed by atoms with van der Waals surface area (Å²) < 4.78 is 5.51. The van der Waals surface area contributed by atoms with E-state index < -0.39 is 0 Å². The number of rotatable bonds is 10. The minimum Gasteiger partial charge on any atom is -0.364 e. The highest BCUT2D eigenvalue weighted by Crippen LogP contribution is 2.04. The van der Waals surface area contributed by atoms with Crippen molar-refractivity contribution in [1.82, 2.24) is 0 Å². The predicted octanol–water partition coefficient (Wildman–Crippen LogP) is 3.45. The van der Waals surface area contributed by atoms with Gasteiger partial charge < -0.3 is 10.5 Å². The molecule has 0 amide bonds. The summed E-state index contributed by atoms with van der Waals surface area (Å²) in [5.41, 5.74) is 5.81. The van der Waals surface area contributed by atoms with Gasteiger partial charge in [-0.3, -0.25) is 0 Å².